The highest BCUT2D eigenvalue weighted by Crippen LogP contribution is 2.04. The lowest BCUT2D eigenvalue weighted by Gasteiger charge is -2.01. The van der Waals surface area contributed by atoms with Crippen LogP contribution in [0.15, 0.2) is 29.3 Å². The summed E-state index contributed by atoms with van der Waals surface area (Å²) in [5.41, 5.74) is 6.96. The second-order valence-electron chi connectivity index (χ2n) is 2.95. The van der Waals surface area contributed by atoms with E-state index in [0.29, 0.717) is 12.0 Å². The number of amidine groups is 1. The number of rotatable bonds is 3. The smallest absolute Gasteiger partial charge is 0.433 e. The summed E-state index contributed by atoms with van der Waals surface area (Å²) in [5.74, 6) is -0.0296. The van der Waals surface area contributed by atoms with Crippen LogP contribution in [-0.4, -0.2) is 28.7 Å². The largest absolute Gasteiger partial charge is 0.463 e. The zero-order valence-electron chi connectivity index (χ0n) is 8.05. The standard InChI is InChI=1S/C10H12N2O3/c11-9(12-10(14)15)8-3-1-7(2-4-8)5-6-13/h1-4,13H,5-6H2,(H2,11,12)(H,14,15). The Bertz CT molecular complexity index is 371. The predicted molar refractivity (Wildman–Crippen MR) is 56.0 cm³/mol. The van der Waals surface area contributed by atoms with Gasteiger partial charge in [-0.05, 0) is 12.0 Å². The van der Waals surface area contributed by atoms with Gasteiger partial charge in [-0.15, -0.1) is 0 Å². The maximum atomic E-state index is 10.3. The SMILES string of the molecule is NC(=NC(=O)O)c1ccc(CCO)cc1. The molecule has 5 nitrogen and oxygen atoms in total. The number of nitrogens with two attached hydrogens (primary N) is 1. The van der Waals surface area contributed by atoms with Gasteiger partial charge in [0.1, 0.15) is 5.84 Å². The van der Waals surface area contributed by atoms with Crippen LogP contribution in [0.1, 0.15) is 11.1 Å². The van der Waals surface area contributed by atoms with Crippen molar-refractivity contribution in [3.63, 3.8) is 0 Å². The molecule has 1 amide bonds. The van der Waals surface area contributed by atoms with Gasteiger partial charge >= 0.3 is 6.09 Å². The van der Waals surface area contributed by atoms with E-state index in [9.17, 15) is 4.79 Å². The van der Waals surface area contributed by atoms with Crippen LogP contribution < -0.4 is 5.73 Å². The first-order valence-electron chi connectivity index (χ1n) is 4.40. The Hall–Kier alpha value is -1.88. The van der Waals surface area contributed by atoms with Crippen molar-refractivity contribution in [2.45, 2.75) is 6.42 Å². The summed E-state index contributed by atoms with van der Waals surface area (Å²) >= 11 is 0. The Balaban J connectivity index is 2.84. The van der Waals surface area contributed by atoms with Gasteiger partial charge in [-0.2, -0.15) is 4.99 Å². The van der Waals surface area contributed by atoms with E-state index in [4.69, 9.17) is 15.9 Å². The molecule has 0 atom stereocenters. The second-order valence-corrected chi connectivity index (χ2v) is 2.95. The number of benzene rings is 1. The second kappa shape index (κ2) is 5.11. The fourth-order valence-electron chi connectivity index (χ4n) is 1.14. The van der Waals surface area contributed by atoms with E-state index in [2.05, 4.69) is 4.99 Å². The van der Waals surface area contributed by atoms with Gasteiger partial charge in [0.2, 0.25) is 0 Å². The van der Waals surface area contributed by atoms with Crippen molar-refractivity contribution in [3.05, 3.63) is 35.4 Å². The fraction of sp³-hybridized carbons (Fsp3) is 0.200. The lowest BCUT2D eigenvalue weighted by molar-refractivity contribution is 0.205. The molecule has 4 N–H and O–H groups in total. The van der Waals surface area contributed by atoms with E-state index >= 15 is 0 Å². The van der Waals surface area contributed by atoms with E-state index in [1.165, 1.54) is 0 Å². The molecule has 80 valence electrons. The van der Waals surface area contributed by atoms with Gasteiger partial charge in [-0.25, -0.2) is 4.79 Å². The van der Waals surface area contributed by atoms with Gasteiger partial charge in [0.15, 0.2) is 0 Å². The molecule has 0 radical (unpaired) electrons. The molecule has 0 aliphatic carbocycles. The maximum Gasteiger partial charge on any atom is 0.433 e. The molecule has 0 bridgehead atoms. The van der Waals surface area contributed by atoms with Crippen LogP contribution in [0.4, 0.5) is 4.79 Å². The Labute approximate surface area is 86.9 Å². The maximum absolute atomic E-state index is 10.3. The van der Waals surface area contributed by atoms with E-state index < -0.39 is 6.09 Å². The summed E-state index contributed by atoms with van der Waals surface area (Å²) in [6, 6.07) is 6.89. The zero-order valence-corrected chi connectivity index (χ0v) is 8.05. The molecule has 1 aromatic carbocycles. The van der Waals surface area contributed by atoms with Gasteiger partial charge in [0, 0.05) is 12.2 Å². The quantitative estimate of drug-likeness (QED) is 0.500. The number of aliphatic hydroxyl groups excluding tert-OH is 1. The first kappa shape index (κ1) is 11.2. The highest BCUT2D eigenvalue weighted by Gasteiger charge is 2.01. The van der Waals surface area contributed by atoms with Crippen molar-refractivity contribution in [2.75, 3.05) is 6.61 Å². The molecule has 0 unspecified atom stereocenters. The summed E-state index contributed by atoms with van der Waals surface area (Å²) < 4.78 is 0. The van der Waals surface area contributed by atoms with Crippen molar-refractivity contribution in [1.82, 2.24) is 0 Å². The summed E-state index contributed by atoms with van der Waals surface area (Å²) in [5, 5.41) is 17.1. The van der Waals surface area contributed by atoms with Crippen LogP contribution in [0.2, 0.25) is 0 Å². The van der Waals surface area contributed by atoms with Crippen LogP contribution in [-0.2, 0) is 6.42 Å². The average molecular weight is 208 g/mol. The number of hydrogen-bond acceptors (Lipinski definition) is 2. The van der Waals surface area contributed by atoms with Crippen molar-refractivity contribution in [1.29, 1.82) is 0 Å². The third-order valence-corrected chi connectivity index (χ3v) is 1.87. The van der Waals surface area contributed by atoms with Crippen LogP contribution >= 0.6 is 0 Å². The molecular formula is C10H12N2O3. The van der Waals surface area contributed by atoms with Crippen LogP contribution in [0, 0.1) is 0 Å². The number of amides is 1. The Morgan fingerprint density at radius 2 is 1.93 bits per heavy atom. The molecule has 15 heavy (non-hydrogen) atoms. The number of hydrogen-bond donors (Lipinski definition) is 3. The topological polar surface area (TPSA) is 95.9 Å². The third kappa shape index (κ3) is 3.40. The number of nitrogens with zero attached hydrogens (tertiary/aromatic N) is 1. The molecule has 0 aromatic heterocycles. The van der Waals surface area contributed by atoms with Gasteiger partial charge in [-0.3, -0.25) is 0 Å². The molecule has 0 aliphatic rings. The lowest BCUT2D eigenvalue weighted by atomic mass is 10.1. The van der Waals surface area contributed by atoms with E-state index in [1.54, 1.807) is 24.3 Å². The fourth-order valence-corrected chi connectivity index (χ4v) is 1.14. The zero-order chi connectivity index (χ0) is 11.3. The molecule has 1 aromatic rings. The van der Waals surface area contributed by atoms with E-state index in [0.717, 1.165) is 5.56 Å². The number of aliphatic hydroxyl groups is 1. The van der Waals surface area contributed by atoms with Gasteiger partial charge < -0.3 is 15.9 Å². The van der Waals surface area contributed by atoms with E-state index in [-0.39, 0.29) is 12.4 Å². The minimum atomic E-state index is -1.31. The molecule has 1 rings (SSSR count). The monoisotopic (exact) mass is 208 g/mol. The highest BCUT2D eigenvalue weighted by atomic mass is 16.4. The van der Waals surface area contributed by atoms with Crippen LogP contribution in [0.25, 0.3) is 0 Å². The molecule has 0 aliphatic heterocycles. The van der Waals surface area contributed by atoms with E-state index in [1.807, 2.05) is 0 Å². The predicted octanol–water partition coefficient (Wildman–Crippen LogP) is 0.605. The van der Waals surface area contributed by atoms with Gasteiger partial charge in [0.25, 0.3) is 0 Å². The highest BCUT2D eigenvalue weighted by molar-refractivity contribution is 6.02. The molecule has 5 heteroatoms. The normalized spacial score (nSPS) is 11.4. The first-order chi connectivity index (χ1) is 7.13. The number of aliphatic imine (C=N–C) groups is 1. The summed E-state index contributed by atoms with van der Waals surface area (Å²) in [6.45, 7) is 0.0814. The van der Waals surface area contributed by atoms with Crippen molar-refractivity contribution >= 4 is 11.9 Å². The Morgan fingerprint density at radius 1 is 1.33 bits per heavy atom. The van der Waals surface area contributed by atoms with Crippen molar-refractivity contribution in [3.8, 4) is 0 Å². The summed E-state index contributed by atoms with van der Waals surface area (Å²) in [6.07, 6.45) is -0.747. The molecule has 0 spiro atoms. The lowest BCUT2D eigenvalue weighted by Crippen LogP contribution is -2.15. The minimum absolute atomic E-state index is 0.0296. The first-order valence-corrected chi connectivity index (χ1v) is 4.40. The molecule has 0 heterocycles. The van der Waals surface area contributed by atoms with Crippen LogP contribution in [0.3, 0.4) is 0 Å². The number of carboxylic acid groups (broad SMARTS) is 1. The van der Waals surface area contributed by atoms with Crippen LogP contribution in [0.5, 0.6) is 0 Å². The molecule has 0 saturated carbocycles. The average Bonchev–Trinajstić information content (AvgIpc) is 2.18. The number of carbonyl (C=O) groups is 1. The molecule has 0 fully saturated rings. The van der Waals surface area contributed by atoms with Crippen molar-refractivity contribution < 1.29 is 15.0 Å². The third-order valence-electron chi connectivity index (χ3n) is 1.87. The minimum Gasteiger partial charge on any atom is -0.463 e. The van der Waals surface area contributed by atoms with Gasteiger partial charge in [0.05, 0.1) is 0 Å². The molecule has 0 saturated heterocycles. The Morgan fingerprint density at radius 3 is 2.40 bits per heavy atom. The summed E-state index contributed by atoms with van der Waals surface area (Å²) in [7, 11) is 0. The Kier molecular flexibility index (Phi) is 3.82. The molecular weight excluding hydrogens is 196 g/mol. The summed E-state index contributed by atoms with van der Waals surface area (Å²) in [4.78, 5) is 13.4. The van der Waals surface area contributed by atoms with Gasteiger partial charge in [-0.1, -0.05) is 24.3 Å². The van der Waals surface area contributed by atoms with Crippen molar-refractivity contribution in [2.24, 2.45) is 10.7 Å².